The fraction of sp³-hybridized carbons (Fsp3) is 0.105. The molecule has 0 aliphatic rings. The predicted molar refractivity (Wildman–Crippen MR) is 104 cm³/mol. The van der Waals surface area contributed by atoms with E-state index in [2.05, 4.69) is 5.32 Å². The lowest BCUT2D eigenvalue weighted by Gasteiger charge is -2.17. The minimum absolute atomic E-state index is 0.116. The molecule has 1 heterocycles. The van der Waals surface area contributed by atoms with Gasteiger partial charge >= 0.3 is 0 Å². The summed E-state index contributed by atoms with van der Waals surface area (Å²) < 4.78 is 39.5. The number of nitrogens with one attached hydrogen (secondary N) is 1. The SMILES string of the molecule is O=C(NC[C@@H](c1cccs1)S(=O)(=O)c1ccc(Cl)cc1)c1cccc(F)c1. The van der Waals surface area contributed by atoms with Gasteiger partial charge in [0.2, 0.25) is 0 Å². The number of halogens is 2. The van der Waals surface area contributed by atoms with Gasteiger partial charge in [-0.2, -0.15) is 0 Å². The van der Waals surface area contributed by atoms with Gasteiger partial charge in [-0.25, -0.2) is 12.8 Å². The van der Waals surface area contributed by atoms with Gasteiger partial charge in [-0.15, -0.1) is 11.3 Å². The minimum atomic E-state index is -3.76. The monoisotopic (exact) mass is 423 g/mol. The molecule has 1 atom stereocenters. The summed E-state index contributed by atoms with van der Waals surface area (Å²) in [4.78, 5) is 13.0. The van der Waals surface area contributed by atoms with E-state index in [1.54, 1.807) is 17.5 Å². The third kappa shape index (κ3) is 4.55. The molecule has 8 heteroatoms. The Morgan fingerprint density at radius 2 is 1.85 bits per heavy atom. The summed E-state index contributed by atoms with van der Waals surface area (Å²) in [5, 5.41) is 3.84. The van der Waals surface area contributed by atoms with Crippen LogP contribution < -0.4 is 5.32 Å². The van der Waals surface area contributed by atoms with E-state index in [4.69, 9.17) is 11.6 Å². The molecular formula is C19H15ClFNO3S2. The number of carbonyl (C=O) groups is 1. The van der Waals surface area contributed by atoms with Crippen LogP contribution in [0.2, 0.25) is 5.02 Å². The molecule has 0 unspecified atom stereocenters. The van der Waals surface area contributed by atoms with Crippen LogP contribution in [0.15, 0.2) is 70.9 Å². The molecule has 0 spiro atoms. The van der Waals surface area contributed by atoms with Crippen molar-refractivity contribution in [1.29, 1.82) is 0 Å². The summed E-state index contributed by atoms with van der Waals surface area (Å²) in [7, 11) is -3.76. The second-order valence-corrected chi connectivity index (χ2v) is 9.27. The first-order valence-corrected chi connectivity index (χ1v) is 10.7. The Morgan fingerprint density at radius 3 is 2.48 bits per heavy atom. The second-order valence-electron chi connectivity index (χ2n) is 5.72. The number of hydrogen-bond acceptors (Lipinski definition) is 4. The van der Waals surface area contributed by atoms with E-state index >= 15 is 0 Å². The van der Waals surface area contributed by atoms with E-state index in [0.29, 0.717) is 9.90 Å². The maximum Gasteiger partial charge on any atom is 0.251 e. The maximum absolute atomic E-state index is 13.3. The molecule has 0 saturated carbocycles. The highest BCUT2D eigenvalue weighted by Gasteiger charge is 2.30. The van der Waals surface area contributed by atoms with Gasteiger partial charge in [0.1, 0.15) is 11.1 Å². The Hall–Kier alpha value is -2.22. The average Bonchev–Trinajstić information content (AvgIpc) is 3.16. The molecule has 140 valence electrons. The number of benzene rings is 2. The van der Waals surface area contributed by atoms with E-state index in [-0.39, 0.29) is 17.0 Å². The lowest BCUT2D eigenvalue weighted by atomic mass is 10.2. The lowest BCUT2D eigenvalue weighted by Crippen LogP contribution is -2.31. The standard InChI is InChI=1S/C19H15ClFNO3S2/c20-14-6-8-16(9-7-14)27(24,25)18(17-5-2-10-26-17)12-22-19(23)13-3-1-4-15(21)11-13/h1-11,18H,12H2,(H,22,23)/t18-/m0/s1. The first-order valence-electron chi connectivity index (χ1n) is 7.94. The highest BCUT2D eigenvalue weighted by molar-refractivity contribution is 7.91. The third-order valence-electron chi connectivity index (χ3n) is 3.91. The minimum Gasteiger partial charge on any atom is -0.350 e. The number of thiophene rings is 1. The summed E-state index contributed by atoms with van der Waals surface area (Å²) in [6.07, 6.45) is 0. The van der Waals surface area contributed by atoms with Gasteiger partial charge in [-0.05, 0) is 53.9 Å². The Balaban J connectivity index is 1.86. The molecule has 1 amide bonds. The van der Waals surface area contributed by atoms with Crippen molar-refractivity contribution >= 4 is 38.7 Å². The van der Waals surface area contributed by atoms with Crippen molar-refractivity contribution in [3.05, 3.63) is 87.3 Å². The van der Waals surface area contributed by atoms with Crippen molar-refractivity contribution in [3.8, 4) is 0 Å². The Kier molecular flexibility index (Phi) is 5.94. The Labute approximate surface area is 165 Å². The van der Waals surface area contributed by atoms with Crippen molar-refractivity contribution in [2.75, 3.05) is 6.54 Å². The molecule has 1 N–H and O–H groups in total. The zero-order chi connectivity index (χ0) is 19.4. The molecule has 27 heavy (non-hydrogen) atoms. The quantitative estimate of drug-likeness (QED) is 0.635. The van der Waals surface area contributed by atoms with E-state index in [9.17, 15) is 17.6 Å². The van der Waals surface area contributed by atoms with Gasteiger partial charge in [0.25, 0.3) is 5.91 Å². The van der Waals surface area contributed by atoms with Crippen molar-refractivity contribution in [2.45, 2.75) is 10.1 Å². The lowest BCUT2D eigenvalue weighted by molar-refractivity contribution is 0.0953. The van der Waals surface area contributed by atoms with E-state index in [0.717, 1.165) is 6.07 Å². The fourth-order valence-corrected chi connectivity index (χ4v) is 5.45. The first-order chi connectivity index (χ1) is 12.9. The molecular weight excluding hydrogens is 409 g/mol. The second kappa shape index (κ2) is 8.21. The van der Waals surface area contributed by atoms with Gasteiger partial charge in [0.05, 0.1) is 4.90 Å². The van der Waals surface area contributed by atoms with Crippen LogP contribution >= 0.6 is 22.9 Å². The van der Waals surface area contributed by atoms with Crippen LogP contribution in [0, 0.1) is 5.82 Å². The van der Waals surface area contributed by atoms with Crippen molar-refractivity contribution in [1.82, 2.24) is 5.32 Å². The largest absolute Gasteiger partial charge is 0.350 e. The number of sulfone groups is 1. The molecule has 4 nitrogen and oxygen atoms in total. The smallest absolute Gasteiger partial charge is 0.251 e. The zero-order valence-electron chi connectivity index (χ0n) is 13.9. The molecule has 2 aromatic carbocycles. The molecule has 0 aliphatic heterocycles. The summed E-state index contributed by atoms with van der Waals surface area (Å²) >= 11 is 7.13. The van der Waals surface area contributed by atoms with Crippen LogP contribution in [-0.4, -0.2) is 20.9 Å². The number of amides is 1. The van der Waals surface area contributed by atoms with E-state index in [1.165, 1.54) is 53.8 Å². The maximum atomic E-state index is 13.3. The van der Waals surface area contributed by atoms with Gasteiger partial charge in [0, 0.05) is 22.0 Å². The van der Waals surface area contributed by atoms with Crippen LogP contribution in [0.1, 0.15) is 20.5 Å². The summed E-state index contributed by atoms with van der Waals surface area (Å²) in [6, 6.07) is 14.6. The summed E-state index contributed by atoms with van der Waals surface area (Å²) in [5.74, 6) is -1.08. The molecule has 1 aromatic heterocycles. The number of rotatable bonds is 6. The molecule has 0 bridgehead atoms. The third-order valence-corrected chi connectivity index (χ3v) is 7.40. The Morgan fingerprint density at radius 1 is 1.11 bits per heavy atom. The zero-order valence-corrected chi connectivity index (χ0v) is 16.3. The molecule has 0 fully saturated rings. The number of carbonyl (C=O) groups excluding carboxylic acids is 1. The van der Waals surface area contributed by atoms with Crippen LogP contribution in [0.5, 0.6) is 0 Å². The van der Waals surface area contributed by atoms with Crippen LogP contribution in [-0.2, 0) is 9.84 Å². The van der Waals surface area contributed by atoms with Gasteiger partial charge in [0.15, 0.2) is 9.84 Å². The normalized spacial score (nSPS) is 12.5. The van der Waals surface area contributed by atoms with E-state index < -0.39 is 26.8 Å². The van der Waals surface area contributed by atoms with Gasteiger partial charge in [-0.3, -0.25) is 4.79 Å². The van der Waals surface area contributed by atoms with Crippen molar-refractivity contribution in [3.63, 3.8) is 0 Å². The first kappa shape index (κ1) is 19.5. The Bertz CT molecular complexity index is 1040. The number of hydrogen-bond donors (Lipinski definition) is 1. The van der Waals surface area contributed by atoms with Crippen LogP contribution in [0.25, 0.3) is 0 Å². The topological polar surface area (TPSA) is 63.2 Å². The van der Waals surface area contributed by atoms with Crippen LogP contribution in [0.4, 0.5) is 4.39 Å². The highest BCUT2D eigenvalue weighted by atomic mass is 35.5. The summed E-state index contributed by atoms with van der Waals surface area (Å²) in [5.41, 5.74) is 0.129. The molecule has 0 aliphatic carbocycles. The van der Waals surface area contributed by atoms with Crippen LogP contribution in [0.3, 0.4) is 0 Å². The molecule has 3 rings (SSSR count). The average molecular weight is 424 g/mol. The van der Waals surface area contributed by atoms with Crippen molar-refractivity contribution in [2.24, 2.45) is 0 Å². The predicted octanol–water partition coefficient (Wildman–Crippen LogP) is 4.49. The van der Waals surface area contributed by atoms with E-state index in [1.807, 2.05) is 0 Å². The summed E-state index contributed by atoms with van der Waals surface area (Å²) in [6.45, 7) is -0.138. The fourth-order valence-electron chi connectivity index (χ4n) is 2.54. The molecule has 0 radical (unpaired) electrons. The van der Waals surface area contributed by atoms with Crippen molar-refractivity contribution < 1.29 is 17.6 Å². The molecule has 3 aromatic rings. The van der Waals surface area contributed by atoms with Gasteiger partial charge in [-0.1, -0.05) is 23.7 Å². The molecule has 0 saturated heterocycles. The highest BCUT2D eigenvalue weighted by Crippen LogP contribution is 2.32. The van der Waals surface area contributed by atoms with Gasteiger partial charge < -0.3 is 5.32 Å².